The van der Waals surface area contributed by atoms with E-state index in [-0.39, 0.29) is 5.91 Å². The Morgan fingerprint density at radius 2 is 1.78 bits per heavy atom. The highest BCUT2D eigenvalue weighted by atomic mass is 35.5. The summed E-state index contributed by atoms with van der Waals surface area (Å²) in [6, 6.07) is 17.1. The van der Waals surface area contributed by atoms with Crippen LogP contribution in [0.3, 0.4) is 0 Å². The highest BCUT2D eigenvalue weighted by molar-refractivity contribution is 6.31. The molecule has 0 bridgehead atoms. The zero-order valence-electron chi connectivity index (χ0n) is 12.3. The molecule has 1 amide bonds. The third kappa shape index (κ3) is 3.22. The van der Waals surface area contributed by atoms with Gasteiger partial charge in [0.15, 0.2) is 0 Å². The molecule has 5 heteroatoms. The molecule has 0 aliphatic heterocycles. The smallest absolute Gasteiger partial charge is 0.270 e. The monoisotopic (exact) mass is 325 g/mol. The first-order valence-corrected chi connectivity index (χ1v) is 7.58. The van der Waals surface area contributed by atoms with Crippen molar-refractivity contribution in [3.8, 4) is 11.1 Å². The van der Waals surface area contributed by atoms with Crippen molar-refractivity contribution in [1.29, 1.82) is 0 Å². The van der Waals surface area contributed by atoms with Gasteiger partial charge in [-0.05, 0) is 17.2 Å². The van der Waals surface area contributed by atoms with Crippen molar-refractivity contribution in [3.63, 3.8) is 0 Å². The van der Waals surface area contributed by atoms with Crippen molar-refractivity contribution in [3.05, 3.63) is 77.1 Å². The Morgan fingerprint density at radius 1 is 1.09 bits per heavy atom. The number of nitrogens with two attached hydrogens (primary N) is 1. The van der Waals surface area contributed by atoms with Crippen LogP contribution in [-0.2, 0) is 6.54 Å². The predicted octanol–water partition coefficient (Wildman–Crippen LogP) is 3.85. The van der Waals surface area contributed by atoms with Gasteiger partial charge >= 0.3 is 0 Å². The summed E-state index contributed by atoms with van der Waals surface area (Å²) in [5.74, 6) is -0.260. The number of carbonyl (C=O) groups is 1. The molecular formula is C18H16ClN3O. The van der Waals surface area contributed by atoms with Crippen LogP contribution in [0.25, 0.3) is 11.1 Å². The molecule has 1 heterocycles. The standard InChI is InChI=1S/C18H16ClN3O/c19-15-9-5-4-8-13(15)10-22-18(23)17-16(20)14(11-21-17)12-6-2-1-3-7-12/h1-9,11,21H,10,20H2,(H,22,23). The number of carbonyl (C=O) groups excluding carboxylic acids is 1. The van der Waals surface area contributed by atoms with Gasteiger partial charge in [-0.25, -0.2) is 0 Å². The van der Waals surface area contributed by atoms with Crippen molar-refractivity contribution in [2.45, 2.75) is 6.54 Å². The zero-order valence-corrected chi connectivity index (χ0v) is 13.1. The van der Waals surface area contributed by atoms with Gasteiger partial charge in [0, 0.05) is 23.3 Å². The molecule has 23 heavy (non-hydrogen) atoms. The van der Waals surface area contributed by atoms with E-state index in [0.717, 1.165) is 16.7 Å². The van der Waals surface area contributed by atoms with Crippen LogP contribution in [0, 0.1) is 0 Å². The topological polar surface area (TPSA) is 70.9 Å². The third-order valence-corrected chi connectivity index (χ3v) is 4.00. The normalized spacial score (nSPS) is 10.5. The lowest BCUT2D eigenvalue weighted by Crippen LogP contribution is -2.24. The van der Waals surface area contributed by atoms with Gasteiger partial charge in [0.05, 0.1) is 5.69 Å². The van der Waals surface area contributed by atoms with Crippen LogP contribution >= 0.6 is 11.6 Å². The lowest BCUT2D eigenvalue weighted by molar-refractivity contribution is 0.0947. The molecule has 0 fully saturated rings. The average Bonchev–Trinajstić information content (AvgIpc) is 2.96. The summed E-state index contributed by atoms with van der Waals surface area (Å²) in [6.45, 7) is 0.345. The summed E-state index contributed by atoms with van der Waals surface area (Å²) >= 11 is 6.09. The molecule has 0 aliphatic carbocycles. The Kier molecular flexibility index (Phi) is 4.35. The number of amides is 1. The Bertz CT molecular complexity index is 827. The molecule has 0 aliphatic rings. The molecule has 4 N–H and O–H groups in total. The number of benzene rings is 2. The number of rotatable bonds is 4. The number of halogens is 1. The average molecular weight is 326 g/mol. The van der Waals surface area contributed by atoms with Gasteiger partial charge in [-0.15, -0.1) is 0 Å². The predicted molar refractivity (Wildman–Crippen MR) is 93.3 cm³/mol. The third-order valence-electron chi connectivity index (χ3n) is 3.63. The van der Waals surface area contributed by atoms with E-state index >= 15 is 0 Å². The van der Waals surface area contributed by atoms with E-state index in [0.29, 0.717) is 22.9 Å². The Hall–Kier alpha value is -2.72. The molecule has 0 saturated carbocycles. The van der Waals surface area contributed by atoms with Crippen LogP contribution in [0.1, 0.15) is 16.1 Å². The van der Waals surface area contributed by atoms with Crippen LogP contribution in [0.5, 0.6) is 0 Å². The van der Waals surface area contributed by atoms with Crippen molar-refractivity contribution in [2.75, 3.05) is 5.73 Å². The molecule has 4 nitrogen and oxygen atoms in total. The molecule has 3 aromatic rings. The summed E-state index contributed by atoms with van der Waals surface area (Å²) in [5.41, 5.74) is 9.55. The summed E-state index contributed by atoms with van der Waals surface area (Å²) in [6.07, 6.45) is 1.75. The number of nitrogen functional groups attached to an aromatic ring is 1. The van der Waals surface area contributed by atoms with Gasteiger partial charge in [0.25, 0.3) is 5.91 Å². The quantitative estimate of drug-likeness (QED) is 0.682. The number of aromatic nitrogens is 1. The largest absolute Gasteiger partial charge is 0.396 e. The Balaban J connectivity index is 1.76. The Labute approximate surface area is 139 Å². The second kappa shape index (κ2) is 6.58. The van der Waals surface area contributed by atoms with Gasteiger partial charge in [0.2, 0.25) is 0 Å². The summed E-state index contributed by atoms with van der Waals surface area (Å²) in [5, 5.41) is 3.45. The zero-order chi connectivity index (χ0) is 16.2. The molecule has 0 radical (unpaired) electrons. The van der Waals surface area contributed by atoms with Gasteiger partial charge in [-0.2, -0.15) is 0 Å². The van der Waals surface area contributed by atoms with Crippen molar-refractivity contribution < 1.29 is 4.79 Å². The van der Waals surface area contributed by atoms with Crippen LogP contribution in [0.4, 0.5) is 5.69 Å². The van der Waals surface area contributed by atoms with E-state index < -0.39 is 0 Å². The molecule has 0 spiro atoms. The molecule has 0 saturated heterocycles. The number of hydrogen-bond acceptors (Lipinski definition) is 2. The minimum absolute atomic E-state index is 0.260. The van der Waals surface area contributed by atoms with Crippen LogP contribution in [0.15, 0.2) is 60.8 Å². The molecule has 0 atom stereocenters. The number of hydrogen-bond donors (Lipinski definition) is 3. The fraction of sp³-hybridized carbons (Fsp3) is 0.0556. The molecule has 0 unspecified atom stereocenters. The minimum Gasteiger partial charge on any atom is -0.396 e. The molecule has 2 aromatic carbocycles. The number of H-pyrrole nitrogens is 1. The lowest BCUT2D eigenvalue weighted by Gasteiger charge is -2.07. The first kappa shape index (κ1) is 15.2. The molecule has 3 rings (SSSR count). The minimum atomic E-state index is -0.260. The van der Waals surface area contributed by atoms with Gasteiger partial charge in [0.1, 0.15) is 5.69 Å². The van der Waals surface area contributed by atoms with Gasteiger partial charge < -0.3 is 16.0 Å². The van der Waals surface area contributed by atoms with E-state index in [2.05, 4.69) is 10.3 Å². The second-order valence-corrected chi connectivity index (χ2v) is 5.54. The van der Waals surface area contributed by atoms with Crippen molar-refractivity contribution in [1.82, 2.24) is 10.3 Å². The van der Waals surface area contributed by atoms with E-state index in [1.807, 2.05) is 48.5 Å². The van der Waals surface area contributed by atoms with Crippen molar-refractivity contribution in [2.24, 2.45) is 0 Å². The fourth-order valence-electron chi connectivity index (χ4n) is 2.38. The Morgan fingerprint density at radius 3 is 2.52 bits per heavy atom. The van der Waals surface area contributed by atoms with E-state index in [9.17, 15) is 4.79 Å². The summed E-state index contributed by atoms with van der Waals surface area (Å²) < 4.78 is 0. The first-order chi connectivity index (χ1) is 11.2. The fourth-order valence-corrected chi connectivity index (χ4v) is 2.59. The SMILES string of the molecule is Nc1c(-c2ccccc2)c[nH]c1C(=O)NCc1ccccc1Cl. The van der Waals surface area contributed by atoms with E-state index in [4.69, 9.17) is 17.3 Å². The number of anilines is 1. The lowest BCUT2D eigenvalue weighted by atomic mass is 10.1. The van der Waals surface area contributed by atoms with Crippen LogP contribution < -0.4 is 11.1 Å². The molecule has 116 valence electrons. The van der Waals surface area contributed by atoms with E-state index in [1.54, 1.807) is 12.3 Å². The van der Waals surface area contributed by atoms with Crippen molar-refractivity contribution >= 4 is 23.2 Å². The number of aromatic amines is 1. The van der Waals surface area contributed by atoms with Gasteiger partial charge in [-0.1, -0.05) is 60.1 Å². The number of nitrogens with one attached hydrogen (secondary N) is 2. The molecule has 1 aromatic heterocycles. The maximum Gasteiger partial charge on any atom is 0.270 e. The van der Waals surface area contributed by atoms with Crippen LogP contribution in [-0.4, -0.2) is 10.9 Å². The first-order valence-electron chi connectivity index (χ1n) is 7.20. The maximum atomic E-state index is 12.3. The highest BCUT2D eigenvalue weighted by Crippen LogP contribution is 2.28. The summed E-state index contributed by atoms with van der Waals surface area (Å²) in [4.78, 5) is 15.3. The maximum absolute atomic E-state index is 12.3. The summed E-state index contributed by atoms with van der Waals surface area (Å²) in [7, 11) is 0. The van der Waals surface area contributed by atoms with Gasteiger partial charge in [-0.3, -0.25) is 4.79 Å². The van der Waals surface area contributed by atoms with E-state index in [1.165, 1.54) is 0 Å². The molecular weight excluding hydrogens is 310 g/mol. The second-order valence-electron chi connectivity index (χ2n) is 5.13. The van der Waals surface area contributed by atoms with Crippen LogP contribution in [0.2, 0.25) is 5.02 Å². The highest BCUT2D eigenvalue weighted by Gasteiger charge is 2.16.